The molecule has 0 spiro atoms. The Labute approximate surface area is 122 Å². The van der Waals surface area contributed by atoms with Gasteiger partial charge in [0.1, 0.15) is 11.9 Å². The molecule has 6 nitrogen and oxygen atoms in total. The maximum absolute atomic E-state index is 5.57. The summed E-state index contributed by atoms with van der Waals surface area (Å²) in [6.07, 6.45) is -0.166. The van der Waals surface area contributed by atoms with Crippen LogP contribution in [0.5, 0.6) is 5.75 Å². The molecular weight excluding hydrogens is 282 g/mol. The van der Waals surface area contributed by atoms with Crippen molar-refractivity contribution in [2.75, 3.05) is 26.8 Å². The maximum atomic E-state index is 5.57. The molecule has 0 aliphatic carbocycles. The lowest BCUT2D eigenvalue weighted by Gasteiger charge is -2.19. The van der Waals surface area contributed by atoms with Gasteiger partial charge in [-0.3, -0.25) is 0 Å². The molecule has 1 aliphatic rings. The molecule has 108 valence electrons. The average molecular weight is 298 g/mol. The third-order valence-electron chi connectivity index (χ3n) is 2.97. The minimum Gasteiger partial charge on any atom is -0.497 e. The van der Waals surface area contributed by atoms with Crippen LogP contribution >= 0.6 is 12.4 Å². The van der Waals surface area contributed by atoms with Gasteiger partial charge in [0, 0.05) is 18.7 Å². The minimum atomic E-state index is -0.166. The van der Waals surface area contributed by atoms with E-state index in [1.54, 1.807) is 7.11 Å². The van der Waals surface area contributed by atoms with E-state index < -0.39 is 0 Å². The number of halogens is 1. The first kappa shape index (κ1) is 14.8. The van der Waals surface area contributed by atoms with Crippen LogP contribution in [0, 0.1) is 0 Å². The predicted molar refractivity (Wildman–Crippen MR) is 75.1 cm³/mol. The monoisotopic (exact) mass is 297 g/mol. The third-order valence-corrected chi connectivity index (χ3v) is 2.97. The van der Waals surface area contributed by atoms with Gasteiger partial charge in [0.15, 0.2) is 0 Å². The second kappa shape index (κ2) is 6.69. The van der Waals surface area contributed by atoms with E-state index in [1.165, 1.54) is 0 Å². The number of ether oxygens (including phenoxy) is 2. The first-order valence-electron chi connectivity index (χ1n) is 6.17. The standard InChI is InChI=1S/C13H15N3O3.ClH/c1-17-10-4-2-3-9(7-10)12-15-13(19-16-12)11-8-14-5-6-18-11;/h2-4,7,11,14H,5-6,8H2,1H3;1H. The summed E-state index contributed by atoms with van der Waals surface area (Å²) in [5, 5.41) is 7.22. The zero-order valence-corrected chi connectivity index (χ0v) is 11.9. The van der Waals surface area contributed by atoms with Crippen LogP contribution in [0.4, 0.5) is 0 Å². The van der Waals surface area contributed by atoms with Gasteiger partial charge in [-0.1, -0.05) is 17.3 Å². The van der Waals surface area contributed by atoms with E-state index in [-0.39, 0.29) is 18.5 Å². The van der Waals surface area contributed by atoms with Crippen molar-refractivity contribution in [1.29, 1.82) is 0 Å². The van der Waals surface area contributed by atoms with Crippen molar-refractivity contribution in [2.45, 2.75) is 6.10 Å². The molecule has 1 aliphatic heterocycles. The van der Waals surface area contributed by atoms with Crippen molar-refractivity contribution in [3.8, 4) is 17.1 Å². The lowest BCUT2D eigenvalue weighted by Crippen LogP contribution is -2.33. The molecule has 1 aromatic carbocycles. The van der Waals surface area contributed by atoms with Crippen molar-refractivity contribution < 1.29 is 14.0 Å². The van der Waals surface area contributed by atoms with Crippen LogP contribution in [0.3, 0.4) is 0 Å². The van der Waals surface area contributed by atoms with Gasteiger partial charge in [0.25, 0.3) is 5.89 Å². The molecule has 1 atom stereocenters. The lowest BCUT2D eigenvalue weighted by molar-refractivity contribution is 0.00755. The molecule has 2 aromatic rings. The summed E-state index contributed by atoms with van der Waals surface area (Å²) in [6.45, 7) is 2.20. The summed E-state index contributed by atoms with van der Waals surface area (Å²) >= 11 is 0. The molecule has 0 amide bonds. The number of rotatable bonds is 3. The molecule has 1 saturated heterocycles. The van der Waals surface area contributed by atoms with Crippen molar-refractivity contribution in [2.24, 2.45) is 0 Å². The smallest absolute Gasteiger partial charge is 0.257 e. The summed E-state index contributed by atoms with van der Waals surface area (Å²) in [7, 11) is 1.63. The second-order valence-electron chi connectivity index (χ2n) is 4.25. The quantitative estimate of drug-likeness (QED) is 0.932. The fourth-order valence-electron chi connectivity index (χ4n) is 1.97. The highest BCUT2D eigenvalue weighted by Gasteiger charge is 2.22. The van der Waals surface area contributed by atoms with E-state index in [9.17, 15) is 0 Å². The summed E-state index contributed by atoms with van der Waals surface area (Å²) < 4.78 is 16.0. The van der Waals surface area contributed by atoms with Gasteiger partial charge in [-0.05, 0) is 12.1 Å². The fraction of sp³-hybridized carbons (Fsp3) is 0.385. The number of aromatic nitrogens is 2. The second-order valence-corrected chi connectivity index (χ2v) is 4.25. The van der Waals surface area contributed by atoms with E-state index in [4.69, 9.17) is 14.0 Å². The normalized spacial score (nSPS) is 18.4. The summed E-state index contributed by atoms with van der Waals surface area (Å²) in [5.74, 6) is 1.81. The molecule has 7 heteroatoms. The summed E-state index contributed by atoms with van der Waals surface area (Å²) in [6, 6.07) is 7.55. The Balaban J connectivity index is 0.00000147. The Morgan fingerprint density at radius 3 is 3.05 bits per heavy atom. The molecule has 2 heterocycles. The van der Waals surface area contributed by atoms with Crippen LogP contribution in [0.15, 0.2) is 28.8 Å². The third kappa shape index (κ3) is 3.09. The summed E-state index contributed by atoms with van der Waals surface area (Å²) in [5.41, 5.74) is 0.859. The lowest BCUT2D eigenvalue weighted by atomic mass is 10.2. The molecular formula is C13H16ClN3O3. The Morgan fingerprint density at radius 2 is 2.30 bits per heavy atom. The highest BCUT2D eigenvalue weighted by molar-refractivity contribution is 5.85. The van der Waals surface area contributed by atoms with Gasteiger partial charge in [-0.25, -0.2) is 0 Å². The van der Waals surface area contributed by atoms with Crippen LogP contribution in [0.25, 0.3) is 11.4 Å². The summed E-state index contributed by atoms with van der Waals surface area (Å²) in [4.78, 5) is 4.38. The first-order valence-corrected chi connectivity index (χ1v) is 6.17. The van der Waals surface area contributed by atoms with Gasteiger partial charge < -0.3 is 19.3 Å². The van der Waals surface area contributed by atoms with E-state index in [2.05, 4.69) is 15.5 Å². The van der Waals surface area contributed by atoms with Crippen molar-refractivity contribution in [1.82, 2.24) is 15.5 Å². The van der Waals surface area contributed by atoms with E-state index in [0.717, 1.165) is 17.9 Å². The zero-order chi connectivity index (χ0) is 13.1. The Morgan fingerprint density at radius 1 is 1.40 bits per heavy atom. The average Bonchev–Trinajstić information content (AvgIpc) is 2.98. The number of hydrogen-bond acceptors (Lipinski definition) is 6. The van der Waals surface area contributed by atoms with Crippen LogP contribution in [-0.4, -0.2) is 36.9 Å². The molecule has 20 heavy (non-hydrogen) atoms. The number of methoxy groups -OCH3 is 1. The Bertz CT molecular complexity index is 555. The van der Waals surface area contributed by atoms with Gasteiger partial charge in [0.05, 0.1) is 13.7 Å². The minimum absolute atomic E-state index is 0. The van der Waals surface area contributed by atoms with Crippen LogP contribution in [0.2, 0.25) is 0 Å². The number of morpholine rings is 1. The molecule has 0 bridgehead atoms. The predicted octanol–water partition coefficient (Wildman–Crippen LogP) is 1.83. The molecule has 1 aromatic heterocycles. The Hall–Kier alpha value is -1.63. The van der Waals surface area contributed by atoms with Gasteiger partial charge >= 0.3 is 0 Å². The van der Waals surface area contributed by atoms with E-state index in [1.807, 2.05) is 24.3 Å². The van der Waals surface area contributed by atoms with Crippen LogP contribution in [-0.2, 0) is 4.74 Å². The van der Waals surface area contributed by atoms with Gasteiger partial charge in [-0.2, -0.15) is 4.98 Å². The number of nitrogens with one attached hydrogen (secondary N) is 1. The molecule has 0 radical (unpaired) electrons. The largest absolute Gasteiger partial charge is 0.497 e. The van der Waals surface area contributed by atoms with Crippen LogP contribution in [0.1, 0.15) is 12.0 Å². The van der Waals surface area contributed by atoms with Gasteiger partial charge in [-0.15, -0.1) is 12.4 Å². The molecule has 0 saturated carbocycles. The highest BCUT2D eigenvalue weighted by Crippen LogP contribution is 2.24. The molecule has 1 N–H and O–H groups in total. The number of benzene rings is 1. The van der Waals surface area contributed by atoms with E-state index in [0.29, 0.717) is 24.9 Å². The highest BCUT2D eigenvalue weighted by atomic mass is 35.5. The van der Waals surface area contributed by atoms with Gasteiger partial charge in [0.2, 0.25) is 5.82 Å². The number of hydrogen-bond donors (Lipinski definition) is 1. The Kier molecular flexibility index (Phi) is 4.94. The first-order chi connectivity index (χ1) is 9.36. The van der Waals surface area contributed by atoms with Crippen molar-refractivity contribution in [3.63, 3.8) is 0 Å². The molecule has 3 rings (SSSR count). The number of nitrogens with zero attached hydrogens (tertiary/aromatic N) is 2. The SMILES string of the molecule is COc1cccc(-c2noc(C3CNCCO3)n2)c1.Cl. The van der Waals surface area contributed by atoms with E-state index >= 15 is 0 Å². The van der Waals surface area contributed by atoms with Crippen molar-refractivity contribution in [3.05, 3.63) is 30.2 Å². The molecule has 1 fully saturated rings. The fourth-order valence-corrected chi connectivity index (χ4v) is 1.97. The molecule has 1 unspecified atom stereocenters. The van der Waals surface area contributed by atoms with Crippen molar-refractivity contribution >= 4 is 12.4 Å². The van der Waals surface area contributed by atoms with Crippen LogP contribution < -0.4 is 10.1 Å². The topological polar surface area (TPSA) is 69.4 Å². The maximum Gasteiger partial charge on any atom is 0.257 e. The zero-order valence-electron chi connectivity index (χ0n) is 11.0.